The van der Waals surface area contributed by atoms with Gasteiger partial charge in [-0.1, -0.05) is 22.9 Å². The zero-order chi connectivity index (χ0) is 14.7. The molecule has 0 bridgehead atoms. The predicted octanol–water partition coefficient (Wildman–Crippen LogP) is 3.23. The fraction of sp³-hybridized carbons (Fsp3) is 0.400. The monoisotopic (exact) mass is 338 g/mol. The molecule has 0 fully saturated rings. The van der Waals surface area contributed by atoms with E-state index in [2.05, 4.69) is 26.6 Å². The first-order valence-corrected chi connectivity index (χ1v) is 7.52. The van der Waals surface area contributed by atoms with Gasteiger partial charge in [-0.3, -0.25) is 4.79 Å². The van der Waals surface area contributed by atoms with Crippen LogP contribution in [0.3, 0.4) is 0 Å². The summed E-state index contributed by atoms with van der Waals surface area (Å²) in [5, 5.41) is 7.10. The van der Waals surface area contributed by atoms with Gasteiger partial charge in [-0.05, 0) is 38.6 Å². The summed E-state index contributed by atoms with van der Waals surface area (Å²) in [6.07, 6.45) is 0. The number of halogens is 1. The van der Waals surface area contributed by atoms with Gasteiger partial charge in [0, 0.05) is 28.0 Å². The largest absolute Gasteiger partial charge is 0.451 e. The first kappa shape index (κ1) is 15.1. The van der Waals surface area contributed by atoms with Crippen LogP contribution in [-0.4, -0.2) is 25.0 Å². The number of likely N-dealkylation sites (N-methyl/N-ethyl adjacent to an activating group) is 1. The van der Waals surface area contributed by atoms with Crippen LogP contribution in [0.5, 0.6) is 0 Å². The number of aryl methyl sites for hydroxylation is 1. The number of fused-ring (bicyclic) bond motifs is 1. The fourth-order valence-corrected chi connectivity index (χ4v) is 2.52. The van der Waals surface area contributed by atoms with E-state index in [1.54, 1.807) is 0 Å². The highest BCUT2D eigenvalue weighted by Crippen LogP contribution is 2.27. The zero-order valence-electron chi connectivity index (χ0n) is 11.9. The average Bonchev–Trinajstić information content (AvgIpc) is 2.74. The molecule has 0 aliphatic heterocycles. The maximum Gasteiger partial charge on any atom is 0.287 e. The second kappa shape index (κ2) is 6.41. The van der Waals surface area contributed by atoms with E-state index in [0.29, 0.717) is 12.3 Å². The minimum atomic E-state index is -0.167. The van der Waals surface area contributed by atoms with E-state index in [9.17, 15) is 4.79 Å². The molecule has 0 spiro atoms. The summed E-state index contributed by atoms with van der Waals surface area (Å²) in [6.45, 7) is 7.44. The van der Waals surface area contributed by atoms with E-state index in [0.717, 1.165) is 27.6 Å². The molecule has 20 heavy (non-hydrogen) atoms. The molecule has 108 valence electrons. The van der Waals surface area contributed by atoms with Crippen LogP contribution in [0.15, 0.2) is 27.1 Å². The Morgan fingerprint density at radius 3 is 2.90 bits per heavy atom. The summed E-state index contributed by atoms with van der Waals surface area (Å²) in [4.78, 5) is 12.2. The maximum absolute atomic E-state index is 12.2. The van der Waals surface area contributed by atoms with E-state index >= 15 is 0 Å². The van der Waals surface area contributed by atoms with Crippen molar-refractivity contribution >= 4 is 32.8 Å². The third-order valence-electron chi connectivity index (χ3n) is 3.23. The lowest BCUT2D eigenvalue weighted by atomic mass is 10.1. The molecule has 0 saturated carbocycles. The van der Waals surface area contributed by atoms with Crippen molar-refractivity contribution in [2.75, 3.05) is 13.1 Å². The van der Waals surface area contributed by atoms with Crippen molar-refractivity contribution in [1.29, 1.82) is 0 Å². The van der Waals surface area contributed by atoms with Crippen molar-refractivity contribution in [3.8, 4) is 0 Å². The van der Waals surface area contributed by atoms with Crippen LogP contribution >= 0.6 is 15.9 Å². The Bertz CT molecular complexity index is 622. The number of hydrogen-bond acceptors (Lipinski definition) is 3. The Morgan fingerprint density at radius 2 is 2.20 bits per heavy atom. The van der Waals surface area contributed by atoms with E-state index in [1.165, 1.54) is 0 Å². The lowest BCUT2D eigenvalue weighted by molar-refractivity contribution is 0.0924. The molecule has 0 saturated heterocycles. The lowest BCUT2D eigenvalue weighted by Gasteiger charge is -2.12. The van der Waals surface area contributed by atoms with Crippen LogP contribution in [0.2, 0.25) is 0 Å². The van der Waals surface area contributed by atoms with E-state index in [4.69, 9.17) is 4.42 Å². The molecule has 5 heteroatoms. The topological polar surface area (TPSA) is 54.3 Å². The van der Waals surface area contributed by atoms with Gasteiger partial charge in [0.2, 0.25) is 0 Å². The van der Waals surface area contributed by atoms with E-state index in [1.807, 2.05) is 39.0 Å². The first-order chi connectivity index (χ1) is 9.52. The highest BCUT2D eigenvalue weighted by Gasteiger charge is 2.17. The van der Waals surface area contributed by atoms with Gasteiger partial charge in [0.1, 0.15) is 5.58 Å². The van der Waals surface area contributed by atoms with Gasteiger partial charge >= 0.3 is 0 Å². The Hall–Kier alpha value is -1.33. The molecule has 1 heterocycles. The summed E-state index contributed by atoms with van der Waals surface area (Å²) in [5.41, 5.74) is 1.60. The van der Waals surface area contributed by atoms with E-state index in [-0.39, 0.29) is 11.9 Å². The van der Waals surface area contributed by atoms with Gasteiger partial charge in [-0.2, -0.15) is 0 Å². The van der Waals surface area contributed by atoms with Crippen LogP contribution < -0.4 is 10.6 Å². The molecule has 2 rings (SSSR count). The maximum atomic E-state index is 12.2. The molecule has 1 aromatic heterocycles. The Labute approximate surface area is 127 Å². The van der Waals surface area contributed by atoms with Crippen LogP contribution in [0.1, 0.15) is 30.0 Å². The molecule has 2 N–H and O–H groups in total. The standard InChI is InChI=1S/C15H19BrN2O2/c1-4-17-9(2)8-18-15(19)14-10(3)12-7-11(16)5-6-13(12)20-14/h5-7,9,17H,4,8H2,1-3H3,(H,18,19)/t9-/m1/s1. The quantitative estimate of drug-likeness (QED) is 0.879. The Balaban J connectivity index is 2.16. The Kier molecular flexibility index (Phi) is 4.83. The third kappa shape index (κ3) is 3.22. The Morgan fingerprint density at radius 1 is 1.45 bits per heavy atom. The zero-order valence-corrected chi connectivity index (χ0v) is 13.5. The highest BCUT2D eigenvalue weighted by atomic mass is 79.9. The van der Waals surface area contributed by atoms with E-state index < -0.39 is 0 Å². The normalized spacial score (nSPS) is 12.6. The number of hydrogen-bond donors (Lipinski definition) is 2. The van der Waals surface area contributed by atoms with Crippen LogP contribution in [0, 0.1) is 6.92 Å². The second-order valence-electron chi connectivity index (χ2n) is 4.87. The summed E-state index contributed by atoms with van der Waals surface area (Å²) in [7, 11) is 0. The van der Waals surface area contributed by atoms with Gasteiger partial charge in [0.05, 0.1) is 0 Å². The van der Waals surface area contributed by atoms with Crippen molar-refractivity contribution < 1.29 is 9.21 Å². The van der Waals surface area contributed by atoms with Crippen molar-refractivity contribution in [2.24, 2.45) is 0 Å². The third-order valence-corrected chi connectivity index (χ3v) is 3.72. The minimum absolute atomic E-state index is 0.167. The van der Waals surface area contributed by atoms with Gasteiger partial charge in [-0.15, -0.1) is 0 Å². The van der Waals surface area contributed by atoms with Crippen LogP contribution in [0.25, 0.3) is 11.0 Å². The molecule has 1 amide bonds. The number of carbonyl (C=O) groups excluding carboxylic acids is 1. The number of benzene rings is 1. The fourth-order valence-electron chi connectivity index (χ4n) is 2.16. The number of carbonyl (C=O) groups is 1. The number of furan rings is 1. The first-order valence-electron chi connectivity index (χ1n) is 6.73. The molecular formula is C15H19BrN2O2. The summed E-state index contributed by atoms with van der Waals surface area (Å²) >= 11 is 3.43. The average molecular weight is 339 g/mol. The number of nitrogens with one attached hydrogen (secondary N) is 2. The molecule has 2 aromatic rings. The van der Waals surface area contributed by atoms with Crippen molar-refractivity contribution in [1.82, 2.24) is 10.6 Å². The van der Waals surface area contributed by atoms with Crippen LogP contribution in [-0.2, 0) is 0 Å². The molecule has 0 aliphatic rings. The summed E-state index contributed by atoms with van der Waals surface area (Å²) in [6, 6.07) is 5.97. The van der Waals surface area contributed by atoms with Gasteiger partial charge < -0.3 is 15.1 Å². The molecule has 1 aromatic carbocycles. The summed E-state index contributed by atoms with van der Waals surface area (Å²) in [5.74, 6) is 0.223. The molecule has 1 atom stereocenters. The molecular weight excluding hydrogens is 320 g/mol. The van der Waals surface area contributed by atoms with Gasteiger partial charge in [-0.25, -0.2) is 0 Å². The van der Waals surface area contributed by atoms with Gasteiger partial charge in [0.15, 0.2) is 5.76 Å². The van der Waals surface area contributed by atoms with Crippen LogP contribution in [0.4, 0.5) is 0 Å². The highest BCUT2D eigenvalue weighted by molar-refractivity contribution is 9.10. The SMILES string of the molecule is CCN[C@H](C)CNC(=O)c1oc2ccc(Br)cc2c1C. The van der Waals surface area contributed by atoms with Crippen molar-refractivity contribution in [3.05, 3.63) is 34.0 Å². The number of amides is 1. The molecule has 0 radical (unpaired) electrons. The molecule has 0 aliphatic carbocycles. The molecule has 4 nitrogen and oxygen atoms in total. The minimum Gasteiger partial charge on any atom is -0.451 e. The summed E-state index contributed by atoms with van der Waals surface area (Å²) < 4.78 is 6.63. The molecule has 0 unspecified atom stereocenters. The number of rotatable bonds is 5. The van der Waals surface area contributed by atoms with Crippen molar-refractivity contribution in [3.63, 3.8) is 0 Å². The second-order valence-corrected chi connectivity index (χ2v) is 5.78. The predicted molar refractivity (Wildman–Crippen MR) is 84.1 cm³/mol. The smallest absolute Gasteiger partial charge is 0.287 e. The van der Waals surface area contributed by atoms with Crippen molar-refractivity contribution in [2.45, 2.75) is 26.8 Å². The van der Waals surface area contributed by atoms with Gasteiger partial charge in [0.25, 0.3) is 5.91 Å². The lowest BCUT2D eigenvalue weighted by Crippen LogP contribution is -2.38.